The Morgan fingerprint density at radius 2 is 1.94 bits per heavy atom. The first kappa shape index (κ1) is 22.4. The second-order valence-electron chi connectivity index (χ2n) is 7.11. The van der Waals surface area contributed by atoms with Crippen molar-refractivity contribution in [1.29, 1.82) is 0 Å². The van der Waals surface area contributed by atoms with E-state index in [9.17, 15) is 29.4 Å². The number of aromatic nitrogens is 2. The average Bonchev–Trinajstić information content (AvgIpc) is 2.75. The Bertz CT molecular complexity index is 1070. The third kappa shape index (κ3) is 5.65. The number of amides is 1. The lowest BCUT2D eigenvalue weighted by atomic mass is 10.1. The average molecular weight is 443 g/mol. The van der Waals surface area contributed by atoms with Crippen LogP contribution in [0, 0.1) is 0 Å². The van der Waals surface area contributed by atoms with Crippen LogP contribution in [0.1, 0.15) is 23.2 Å². The van der Waals surface area contributed by atoms with Gasteiger partial charge in [0.15, 0.2) is 5.82 Å². The molecule has 2 atom stereocenters. The summed E-state index contributed by atoms with van der Waals surface area (Å²) >= 11 is 0. The maximum Gasteiger partial charge on any atom is 0.277 e. The van der Waals surface area contributed by atoms with Gasteiger partial charge in [-0.1, -0.05) is 0 Å². The Labute approximate surface area is 181 Å². The van der Waals surface area contributed by atoms with Crippen LogP contribution in [0.15, 0.2) is 29.1 Å². The van der Waals surface area contributed by atoms with Crippen LogP contribution in [-0.4, -0.2) is 53.0 Å². The molecular formula is C19H21N7O6-2. The molecule has 1 aliphatic heterocycles. The molecular weight excluding hydrogens is 422 g/mol. The maximum absolute atomic E-state index is 12.2. The van der Waals surface area contributed by atoms with E-state index in [1.807, 2.05) is 0 Å². The smallest absolute Gasteiger partial charge is 0.277 e. The van der Waals surface area contributed by atoms with Crippen LogP contribution in [0.3, 0.4) is 0 Å². The highest BCUT2D eigenvalue weighted by Gasteiger charge is 2.21. The first-order valence-electron chi connectivity index (χ1n) is 9.68. The van der Waals surface area contributed by atoms with E-state index in [1.54, 1.807) is 12.1 Å². The zero-order valence-corrected chi connectivity index (χ0v) is 16.8. The van der Waals surface area contributed by atoms with E-state index in [-0.39, 0.29) is 29.5 Å². The summed E-state index contributed by atoms with van der Waals surface area (Å²) in [5, 5.41) is 33.1. The second kappa shape index (κ2) is 9.68. The minimum Gasteiger partial charge on any atom is -0.550 e. The fraction of sp³-hybridized carbons (Fsp3) is 0.316. The molecule has 0 radical (unpaired) electrons. The summed E-state index contributed by atoms with van der Waals surface area (Å²) in [6, 6.07) is 4.65. The summed E-state index contributed by atoms with van der Waals surface area (Å²) in [5.74, 6) is -3.27. The normalized spacial score (nSPS) is 15.4. The van der Waals surface area contributed by atoms with E-state index in [4.69, 9.17) is 5.73 Å². The zero-order valence-electron chi connectivity index (χ0n) is 16.8. The van der Waals surface area contributed by atoms with E-state index < -0.39 is 30.3 Å². The molecule has 1 aliphatic rings. The Morgan fingerprint density at radius 3 is 2.59 bits per heavy atom. The quantitative estimate of drug-likeness (QED) is 0.230. The lowest BCUT2D eigenvalue weighted by Crippen LogP contribution is -2.48. The van der Waals surface area contributed by atoms with Gasteiger partial charge in [0, 0.05) is 30.3 Å². The first-order chi connectivity index (χ1) is 15.2. The Hall–Kier alpha value is -4.29. The van der Waals surface area contributed by atoms with Crippen LogP contribution in [0.25, 0.3) is 0 Å². The second-order valence-corrected chi connectivity index (χ2v) is 7.11. The number of nitrogens with one attached hydrogen (secondary N) is 5. The van der Waals surface area contributed by atoms with Crippen molar-refractivity contribution in [2.45, 2.75) is 24.9 Å². The minimum absolute atomic E-state index is 0.0218. The van der Waals surface area contributed by atoms with Gasteiger partial charge in [0.1, 0.15) is 5.69 Å². The fourth-order valence-electron chi connectivity index (χ4n) is 3.08. The molecule has 0 saturated heterocycles. The standard InChI is InChI=1S/C19H23N7O6/c20-19-25-15-14(17(30)26-19)23-11(8-22-15)7-21-10-3-1-9(2-4-10)16(29)24-12(18(31)32)5-6-13(27)28/h1-4,11-12,21,23H,5-8H2,(H,24,29)(H,27,28)(H,31,32)(H4,20,22,25,26,30)/p-2. The number of H-pyrrole nitrogens is 1. The summed E-state index contributed by atoms with van der Waals surface area (Å²) in [4.78, 5) is 52.3. The number of nitrogens with two attached hydrogens (primary N) is 1. The van der Waals surface area contributed by atoms with Gasteiger partial charge in [0.05, 0.1) is 18.1 Å². The number of nitrogen functional groups attached to an aromatic ring is 1. The number of anilines is 4. The summed E-state index contributed by atoms with van der Waals surface area (Å²) in [5.41, 5.74) is 6.32. The van der Waals surface area contributed by atoms with Crippen LogP contribution >= 0.6 is 0 Å². The number of carboxylic acids is 2. The van der Waals surface area contributed by atoms with Gasteiger partial charge in [0.2, 0.25) is 5.95 Å². The van der Waals surface area contributed by atoms with Crippen LogP contribution < -0.4 is 42.8 Å². The van der Waals surface area contributed by atoms with Gasteiger partial charge in [-0.15, -0.1) is 0 Å². The molecule has 170 valence electrons. The van der Waals surface area contributed by atoms with Crippen molar-refractivity contribution in [2.75, 3.05) is 34.8 Å². The fourth-order valence-corrected chi connectivity index (χ4v) is 3.08. The number of carbonyl (C=O) groups is 3. The van der Waals surface area contributed by atoms with Crippen molar-refractivity contribution in [1.82, 2.24) is 15.3 Å². The monoisotopic (exact) mass is 443 g/mol. The van der Waals surface area contributed by atoms with Crippen molar-refractivity contribution in [3.05, 3.63) is 40.2 Å². The molecule has 32 heavy (non-hydrogen) atoms. The van der Waals surface area contributed by atoms with Crippen molar-refractivity contribution in [2.24, 2.45) is 0 Å². The first-order valence-corrected chi connectivity index (χ1v) is 9.68. The van der Waals surface area contributed by atoms with E-state index in [1.165, 1.54) is 12.1 Å². The van der Waals surface area contributed by atoms with Gasteiger partial charge in [-0.05, 0) is 37.1 Å². The lowest BCUT2D eigenvalue weighted by molar-refractivity contribution is -0.309. The van der Waals surface area contributed by atoms with Gasteiger partial charge >= 0.3 is 0 Å². The molecule has 1 aromatic carbocycles. The van der Waals surface area contributed by atoms with Crippen molar-refractivity contribution in [3.8, 4) is 0 Å². The maximum atomic E-state index is 12.2. The number of fused-ring (bicyclic) bond motifs is 1. The Morgan fingerprint density at radius 1 is 1.22 bits per heavy atom. The zero-order chi connectivity index (χ0) is 23.3. The molecule has 3 rings (SSSR count). The molecule has 0 saturated carbocycles. The molecule has 7 N–H and O–H groups in total. The molecule has 0 spiro atoms. The van der Waals surface area contributed by atoms with Crippen molar-refractivity contribution >= 4 is 41.0 Å². The van der Waals surface area contributed by atoms with E-state index in [2.05, 4.69) is 31.2 Å². The number of aliphatic carboxylic acids is 2. The number of nitrogens with zero attached hydrogens (tertiary/aromatic N) is 1. The van der Waals surface area contributed by atoms with Crippen LogP contribution in [0.2, 0.25) is 0 Å². The molecule has 13 heteroatoms. The third-order valence-electron chi connectivity index (χ3n) is 4.73. The molecule has 0 fully saturated rings. The van der Waals surface area contributed by atoms with E-state index in [0.717, 1.165) is 0 Å². The number of hydrogen-bond acceptors (Lipinski definition) is 11. The minimum atomic E-state index is -1.58. The molecule has 2 unspecified atom stereocenters. The van der Waals surface area contributed by atoms with E-state index >= 15 is 0 Å². The predicted molar refractivity (Wildman–Crippen MR) is 111 cm³/mol. The highest BCUT2D eigenvalue weighted by atomic mass is 16.4. The van der Waals surface area contributed by atoms with Gasteiger partial charge in [-0.2, -0.15) is 4.98 Å². The van der Waals surface area contributed by atoms with Crippen molar-refractivity contribution in [3.63, 3.8) is 0 Å². The molecule has 1 amide bonds. The predicted octanol–water partition coefficient (Wildman–Crippen LogP) is -2.95. The molecule has 2 heterocycles. The van der Waals surface area contributed by atoms with Gasteiger partial charge in [-0.25, -0.2) is 0 Å². The number of carbonyl (C=O) groups excluding carboxylic acids is 3. The molecule has 0 aliphatic carbocycles. The summed E-state index contributed by atoms with van der Waals surface area (Å²) in [6.45, 7) is 0.935. The van der Waals surface area contributed by atoms with Crippen LogP contribution in [-0.2, 0) is 9.59 Å². The topological polar surface area (TPSA) is 217 Å². The Balaban J connectivity index is 1.54. The highest BCUT2D eigenvalue weighted by Crippen LogP contribution is 2.20. The molecule has 2 aromatic rings. The lowest BCUT2D eigenvalue weighted by Gasteiger charge is -2.27. The van der Waals surface area contributed by atoms with Gasteiger partial charge in [0.25, 0.3) is 11.5 Å². The summed E-state index contributed by atoms with van der Waals surface area (Å²) in [6.07, 6.45) is -0.863. The SMILES string of the molecule is Nc1nc2c(c(=O)[nH]1)NC(CNc1ccc(C(=O)NC(CCC(=O)[O-])C(=O)[O-])cc1)CN2. The van der Waals surface area contributed by atoms with Crippen LogP contribution in [0.5, 0.6) is 0 Å². The third-order valence-corrected chi connectivity index (χ3v) is 4.73. The van der Waals surface area contributed by atoms with Crippen molar-refractivity contribution < 1.29 is 24.6 Å². The number of aromatic amines is 1. The molecule has 13 nitrogen and oxygen atoms in total. The van der Waals surface area contributed by atoms with Gasteiger partial charge in [-0.3, -0.25) is 14.6 Å². The number of benzene rings is 1. The highest BCUT2D eigenvalue weighted by molar-refractivity contribution is 5.96. The van der Waals surface area contributed by atoms with Gasteiger partial charge < -0.3 is 46.8 Å². The van der Waals surface area contributed by atoms with E-state index in [0.29, 0.717) is 30.3 Å². The number of rotatable bonds is 9. The summed E-state index contributed by atoms with van der Waals surface area (Å²) in [7, 11) is 0. The number of hydrogen-bond donors (Lipinski definition) is 6. The largest absolute Gasteiger partial charge is 0.550 e. The number of carboxylic acid groups (broad SMARTS) is 2. The molecule has 0 bridgehead atoms. The molecule has 1 aromatic heterocycles. The Kier molecular flexibility index (Phi) is 6.77. The summed E-state index contributed by atoms with van der Waals surface area (Å²) < 4.78 is 0. The van der Waals surface area contributed by atoms with Crippen LogP contribution in [0.4, 0.5) is 23.1 Å².